The molecule has 25 heavy (non-hydrogen) atoms. The van der Waals surface area contributed by atoms with E-state index < -0.39 is 5.54 Å². The topological polar surface area (TPSA) is 42.0 Å². The highest BCUT2D eigenvalue weighted by atomic mass is 32.1. The highest BCUT2D eigenvalue weighted by Crippen LogP contribution is 2.32. The maximum atomic E-state index is 12.7. The van der Waals surface area contributed by atoms with Gasteiger partial charge in [-0.25, -0.2) is 4.98 Å². The van der Waals surface area contributed by atoms with Gasteiger partial charge in [0.2, 0.25) is 5.91 Å². The summed E-state index contributed by atoms with van der Waals surface area (Å²) in [5.41, 5.74) is 2.46. The van der Waals surface area contributed by atoms with E-state index in [-0.39, 0.29) is 5.91 Å². The van der Waals surface area contributed by atoms with Crippen molar-refractivity contribution in [2.24, 2.45) is 0 Å². The first-order chi connectivity index (χ1) is 12.1. The molecule has 0 aliphatic heterocycles. The Morgan fingerprint density at radius 3 is 2.32 bits per heavy atom. The molecule has 0 aliphatic rings. The zero-order valence-electron chi connectivity index (χ0n) is 14.5. The number of rotatable bonds is 6. The second-order valence-corrected chi connectivity index (χ2v) is 7.06. The first-order valence-electron chi connectivity index (χ1n) is 8.47. The predicted molar refractivity (Wildman–Crippen MR) is 103 cm³/mol. The molecule has 1 aromatic heterocycles. The molecule has 0 saturated carbocycles. The third-order valence-corrected chi connectivity index (χ3v) is 5.40. The lowest BCUT2D eigenvalue weighted by Crippen LogP contribution is -2.45. The van der Waals surface area contributed by atoms with Gasteiger partial charge in [0.1, 0.15) is 10.5 Å². The van der Waals surface area contributed by atoms with Gasteiger partial charge in [-0.2, -0.15) is 0 Å². The maximum absolute atomic E-state index is 12.7. The van der Waals surface area contributed by atoms with E-state index >= 15 is 0 Å². The second kappa shape index (κ2) is 7.62. The number of aromatic nitrogens is 1. The number of hydrogen-bond donors (Lipinski definition) is 1. The van der Waals surface area contributed by atoms with Crippen molar-refractivity contribution in [3.63, 3.8) is 0 Å². The van der Waals surface area contributed by atoms with Gasteiger partial charge in [-0.1, -0.05) is 67.6 Å². The summed E-state index contributed by atoms with van der Waals surface area (Å²) in [5.74, 6) is -0.00852. The van der Waals surface area contributed by atoms with Gasteiger partial charge in [0.15, 0.2) is 0 Å². The molecule has 0 fully saturated rings. The van der Waals surface area contributed by atoms with Crippen molar-refractivity contribution in [1.29, 1.82) is 0 Å². The summed E-state index contributed by atoms with van der Waals surface area (Å²) in [4.78, 5) is 17.5. The van der Waals surface area contributed by atoms with Crippen LogP contribution in [0.5, 0.6) is 0 Å². The summed E-state index contributed by atoms with van der Waals surface area (Å²) in [7, 11) is 0. The first kappa shape index (κ1) is 17.4. The van der Waals surface area contributed by atoms with Crippen LogP contribution in [0.15, 0.2) is 66.0 Å². The van der Waals surface area contributed by atoms with Crippen molar-refractivity contribution in [3.05, 3.63) is 87.9 Å². The number of carbonyl (C=O) groups is 1. The quantitative estimate of drug-likeness (QED) is 0.719. The van der Waals surface area contributed by atoms with Gasteiger partial charge in [-0.05, 0) is 24.5 Å². The van der Waals surface area contributed by atoms with Crippen LogP contribution in [0.3, 0.4) is 0 Å². The van der Waals surface area contributed by atoms with E-state index in [0.717, 1.165) is 28.2 Å². The number of aryl methyl sites for hydroxylation is 1. The van der Waals surface area contributed by atoms with E-state index in [4.69, 9.17) is 4.98 Å². The molecule has 0 aliphatic carbocycles. The number of nitrogens with zero attached hydrogens (tertiary/aromatic N) is 1. The molecule has 3 aromatic rings. The summed E-state index contributed by atoms with van der Waals surface area (Å²) < 4.78 is 0. The molecule has 1 heterocycles. The van der Waals surface area contributed by atoms with Crippen LogP contribution < -0.4 is 5.32 Å². The van der Waals surface area contributed by atoms with E-state index in [9.17, 15) is 4.79 Å². The minimum atomic E-state index is -0.634. The van der Waals surface area contributed by atoms with Crippen LogP contribution in [-0.4, -0.2) is 10.9 Å². The fourth-order valence-corrected chi connectivity index (χ4v) is 3.87. The predicted octanol–water partition coefficient (Wildman–Crippen LogP) is 4.33. The molecule has 1 atom stereocenters. The Hall–Kier alpha value is -2.46. The molecule has 0 saturated heterocycles. The second-order valence-electron chi connectivity index (χ2n) is 6.20. The normalized spacial score (nSPS) is 13.2. The number of amides is 1. The van der Waals surface area contributed by atoms with Crippen LogP contribution in [0, 0.1) is 0 Å². The molecule has 2 aromatic carbocycles. The van der Waals surface area contributed by atoms with Gasteiger partial charge in [-0.3, -0.25) is 4.79 Å². The molecule has 3 nitrogen and oxygen atoms in total. The number of nitrogens with one attached hydrogen (secondary N) is 1. The zero-order chi connectivity index (χ0) is 17.7. The first-order valence-corrected chi connectivity index (χ1v) is 9.35. The van der Waals surface area contributed by atoms with Gasteiger partial charge in [0, 0.05) is 5.38 Å². The number of thiazole rings is 1. The average molecular weight is 350 g/mol. The van der Waals surface area contributed by atoms with Crippen LogP contribution in [-0.2, 0) is 23.2 Å². The molecular weight excluding hydrogens is 328 g/mol. The Morgan fingerprint density at radius 1 is 1.08 bits per heavy atom. The van der Waals surface area contributed by atoms with Crippen molar-refractivity contribution >= 4 is 17.2 Å². The van der Waals surface area contributed by atoms with E-state index in [1.807, 2.05) is 67.6 Å². The fraction of sp³-hybridized carbons (Fsp3) is 0.238. The lowest BCUT2D eigenvalue weighted by Gasteiger charge is -2.29. The van der Waals surface area contributed by atoms with Crippen molar-refractivity contribution < 1.29 is 4.79 Å². The average Bonchev–Trinajstić information content (AvgIpc) is 3.13. The van der Waals surface area contributed by atoms with Crippen molar-refractivity contribution in [2.75, 3.05) is 0 Å². The minimum Gasteiger partial charge on any atom is -0.340 e. The Balaban J connectivity index is 1.90. The molecular formula is C21H22N2OS. The Morgan fingerprint density at radius 2 is 1.72 bits per heavy atom. The number of hydrogen-bond acceptors (Lipinski definition) is 3. The van der Waals surface area contributed by atoms with Gasteiger partial charge in [0.25, 0.3) is 0 Å². The molecule has 128 valence electrons. The van der Waals surface area contributed by atoms with Crippen molar-refractivity contribution in [3.8, 4) is 0 Å². The van der Waals surface area contributed by atoms with E-state index in [0.29, 0.717) is 6.42 Å². The smallest absolute Gasteiger partial charge is 0.225 e. The Kier molecular flexibility index (Phi) is 5.29. The molecule has 1 unspecified atom stereocenters. The SMILES string of the molecule is CCc1csc(C(C)(NC(=O)Cc2ccccc2)c2ccccc2)n1. The standard InChI is InChI=1S/C21H22N2OS/c1-3-18-15-25-20(22-18)21(2,17-12-8-5-9-13-17)23-19(24)14-16-10-6-4-7-11-16/h4-13,15H,3,14H2,1-2H3,(H,23,24). The highest BCUT2D eigenvalue weighted by Gasteiger charge is 2.33. The molecule has 1 amide bonds. The number of carbonyl (C=O) groups excluding carboxylic acids is 1. The number of benzene rings is 2. The van der Waals surface area contributed by atoms with Crippen LogP contribution in [0.1, 0.15) is 35.7 Å². The van der Waals surface area contributed by atoms with Gasteiger partial charge in [-0.15, -0.1) is 11.3 Å². The largest absolute Gasteiger partial charge is 0.340 e. The molecule has 1 N–H and O–H groups in total. The lowest BCUT2D eigenvalue weighted by atomic mass is 9.92. The zero-order valence-corrected chi connectivity index (χ0v) is 15.3. The van der Waals surface area contributed by atoms with Crippen LogP contribution in [0.4, 0.5) is 0 Å². The van der Waals surface area contributed by atoms with E-state index in [1.54, 1.807) is 11.3 Å². The van der Waals surface area contributed by atoms with Crippen LogP contribution in [0.2, 0.25) is 0 Å². The van der Waals surface area contributed by atoms with Crippen molar-refractivity contribution in [2.45, 2.75) is 32.2 Å². The molecule has 4 heteroatoms. The van der Waals surface area contributed by atoms with E-state index in [2.05, 4.69) is 17.6 Å². The highest BCUT2D eigenvalue weighted by molar-refractivity contribution is 7.09. The summed E-state index contributed by atoms with van der Waals surface area (Å²) in [6.45, 7) is 4.12. The third-order valence-electron chi connectivity index (χ3n) is 4.29. The fourth-order valence-electron chi connectivity index (χ4n) is 2.82. The summed E-state index contributed by atoms with van der Waals surface area (Å²) >= 11 is 1.60. The molecule has 0 radical (unpaired) electrons. The van der Waals surface area contributed by atoms with Gasteiger partial charge >= 0.3 is 0 Å². The third kappa shape index (κ3) is 3.97. The molecule has 3 rings (SSSR count). The molecule has 0 bridgehead atoms. The van der Waals surface area contributed by atoms with Gasteiger partial charge in [0.05, 0.1) is 12.1 Å². The summed E-state index contributed by atoms with van der Waals surface area (Å²) in [6.07, 6.45) is 1.24. The van der Waals surface area contributed by atoms with Crippen molar-refractivity contribution in [1.82, 2.24) is 10.3 Å². The molecule has 0 spiro atoms. The monoisotopic (exact) mass is 350 g/mol. The minimum absolute atomic E-state index is 0.00852. The van der Waals surface area contributed by atoms with Gasteiger partial charge < -0.3 is 5.32 Å². The van der Waals surface area contributed by atoms with Crippen LogP contribution in [0.25, 0.3) is 0 Å². The Labute approximate surface area is 152 Å². The summed E-state index contributed by atoms with van der Waals surface area (Å²) in [5, 5.41) is 6.20. The Bertz CT molecular complexity index is 829. The lowest BCUT2D eigenvalue weighted by molar-refractivity contribution is -0.121. The maximum Gasteiger partial charge on any atom is 0.225 e. The van der Waals surface area contributed by atoms with E-state index in [1.165, 1.54) is 0 Å². The summed E-state index contributed by atoms with van der Waals surface area (Å²) in [6, 6.07) is 19.8. The van der Waals surface area contributed by atoms with Crippen LogP contribution >= 0.6 is 11.3 Å².